The number of hydrogen-bond acceptors (Lipinski definition) is 2. The van der Waals surface area contributed by atoms with Crippen LogP contribution in [0.1, 0.15) is 38.7 Å². The van der Waals surface area contributed by atoms with Crippen molar-refractivity contribution in [2.24, 2.45) is 5.73 Å². The van der Waals surface area contributed by atoms with Crippen LogP contribution >= 0.6 is 0 Å². The summed E-state index contributed by atoms with van der Waals surface area (Å²) in [5.74, 6) is 0.561. The highest BCUT2D eigenvalue weighted by Crippen LogP contribution is 2.19. The number of rotatable bonds is 4. The normalized spacial score (nSPS) is 12.6. The molecule has 1 aromatic rings. The van der Waals surface area contributed by atoms with Crippen LogP contribution in [0.3, 0.4) is 0 Å². The third kappa shape index (κ3) is 3.86. The van der Waals surface area contributed by atoms with Crippen LogP contribution < -0.4 is 10.6 Å². The average molecular weight is 234 g/mol. The number of carbonyl (C=O) groups excluding carboxylic acids is 1. The van der Waals surface area contributed by atoms with Crippen molar-refractivity contribution >= 4 is 11.6 Å². The Hall–Kier alpha value is -1.35. The third-order valence-electron chi connectivity index (χ3n) is 2.82. The van der Waals surface area contributed by atoms with Crippen molar-refractivity contribution in [1.82, 2.24) is 0 Å². The van der Waals surface area contributed by atoms with Crippen LogP contribution in [0.25, 0.3) is 0 Å². The van der Waals surface area contributed by atoms with Gasteiger partial charge in [-0.25, -0.2) is 0 Å². The Kier molecular flexibility index (Phi) is 4.70. The van der Waals surface area contributed by atoms with Crippen molar-refractivity contribution in [3.63, 3.8) is 0 Å². The predicted octanol–water partition coefficient (Wildman–Crippen LogP) is 2.51. The van der Waals surface area contributed by atoms with Gasteiger partial charge in [-0.05, 0) is 30.5 Å². The standard InChI is InChI=1S/C14H22N2O/c1-10(2)12-5-7-13(8-6-12)16(4)14(17)9-11(3)15/h5-8,10-11H,9,15H2,1-4H3. The van der Waals surface area contributed by atoms with Crippen LogP contribution in [-0.4, -0.2) is 19.0 Å². The Morgan fingerprint density at radius 3 is 2.18 bits per heavy atom. The van der Waals surface area contributed by atoms with Gasteiger partial charge in [0, 0.05) is 25.2 Å². The van der Waals surface area contributed by atoms with E-state index in [-0.39, 0.29) is 11.9 Å². The van der Waals surface area contributed by atoms with Gasteiger partial charge in [0.25, 0.3) is 0 Å². The maximum atomic E-state index is 11.8. The van der Waals surface area contributed by atoms with Crippen LogP contribution in [0.4, 0.5) is 5.69 Å². The van der Waals surface area contributed by atoms with Crippen LogP contribution in [0, 0.1) is 0 Å². The van der Waals surface area contributed by atoms with Crippen molar-refractivity contribution in [3.8, 4) is 0 Å². The predicted molar refractivity (Wildman–Crippen MR) is 72.2 cm³/mol. The molecular formula is C14H22N2O. The Labute approximate surface area is 104 Å². The number of amides is 1. The highest BCUT2D eigenvalue weighted by molar-refractivity contribution is 5.93. The highest BCUT2D eigenvalue weighted by atomic mass is 16.2. The second-order valence-electron chi connectivity index (χ2n) is 4.88. The van der Waals surface area contributed by atoms with E-state index in [0.717, 1.165) is 5.69 Å². The molecule has 0 fully saturated rings. The van der Waals surface area contributed by atoms with E-state index in [1.807, 2.05) is 19.1 Å². The van der Waals surface area contributed by atoms with Crippen LogP contribution in [0.5, 0.6) is 0 Å². The van der Waals surface area contributed by atoms with Crippen molar-refractivity contribution < 1.29 is 4.79 Å². The monoisotopic (exact) mass is 234 g/mol. The molecule has 1 rings (SSSR count). The number of carbonyl (C=O) groups is 1. The molecule has 0 radical (unpaired) electrons. The number of nitrogens with zero attached hydrogens (tertiary/aromatic N) is 1. The molecule has 3 heteroatoms. The van der Waals surface area contributed by atoms with Crippen LogP contribution in [0.2, 0.25) is 0 Å². The van der Waals surface area contributed by atoms with Crippen molar-refractivity contribution in [2.45, 2.75) is 39.2 Å². The van der Waals surface area contributed by atoms with E-state index in [1.54, 1.807) is 11.9 Å². The topological polar surface area (TPSA) is 46.3 Å². The lowest BCUT2D eigenvalue weighted by Crippen LogP contribution is -2.31. The SMILES string of the molecule is CC(N)CC(=O)N(C)c1ccc(C(C)C)cc1. The number of benzene rings is 1. The van der Waals surface area contributed by atoms with E-state index >= 15 is 0 Å². The lowest BCUT2D eigenvalue weighted by molar-refractivity contribution is -0.118. The Balaban J connectivity index is 2.75. The van der Waals surface area contributed by atoms with Crippen molar-refractivity contribution in [1.29, 1.82) is 0 Å². The van der Waals surface area contributed by atoms with Gasteiger partial charge in [0.1, 0.15) is 0 Å². The molecular weight excluding hydrogens is 212 g/mol. The van der Waals surface area contributed by atoms with Gasteiger partial charge in [0.15, 0.2) is 0 Å². The minimum atomic E-state index is -0.0973. The van der Waals surface area contributed by atoms with E-state index in [0.29, 0.717) is 12.3 Å². The fraction of sp³-hybridized carbons (Fsp3) is 0.500. The quantitative estimate of drug-likeness (QED) is 0.870. The van der Waals surface area contributed by atoms with Crippen LogP contribution in [0.15, 0.2) is 24.3 Å². The smallest absolute Gasteiger partial charge is 0.228 e. The third-order valence-corrected chi connectivity index (χ3v) is 2.82. The zero-order chi connectivity index (χ0) is 13.0. The largest absolute Gasteiger partial charge is 0.327 e. The highest BCUT2D eigenvalue weighted by Gasteiger charge is 2.12. The van der Waals surface area contributed by atoms with Gasteiger partial charge in [-0.3, -0.25) is 4.79 Å². The lowest BCUT2D eigenvalue weighted by atomic mass is 10.0. The molecule has 0 saturated carbocycles. The van der Waals surface area contributed by atoms with Crippen LogP contribution in [-0.2, 0) is 4.79 Å². The molecule has 3 nitrogen and oxygen atoms in total. The average Bonchev–Trinajstić information content (AvgIpc) is 2.27. The Morgan fingerprint density at radius 1 is 1.24 bits per heavy atom. The molecule has 0 aliphatic rings. The first-order chi connectivity index (χ1) is 7.91. The summed E-state index contributed by atoms with van der Waals surface area (Å²) in [7, 11) is 1.79. The number of nitrogens with two attached hydrogens (primary N) is 1. The first kappa shape index (κ1) is 13.7. The molecule has 2 N–H and O–H groups in total. The molecule has 0 aromatic heterocycles. The Morgan fingerprint density at radius 2 is 1.76 bits per heavy atom. The fourth-order valence-corrected chi connectivity index (χ4v) is 1.64. The summed E-state index contributed by atoms with van der Waals surface area (Å²) < 4.78 is 0. The zero-order valence-corrected chi connectivity index (χ0v) is 11.1. The molecule has 1 atom stereocenters. The summed E-state index contributed by atoms with van der Waals surface area (Å²) in [4.78, 5) is 13.5. The van der Waals surface area contributed by atoms with E-state index in [2.05, 4.69) is 26.0 Å². The lowest BCUT2D eigenvalue weighted by Gasteiger charge is -2.19. The first-order valence-corrected chi connectivity index (χ1v) is 6.04. The van der Waals surface area contributed by atoms with E-state index in [1.165, 1.54) is 5.56 Å². The van der Waals surface area contributed by atoms with Gasteiger partial charge in [-0.1, -0.05) is 26.0 Å². The molecule has 0 aliphatic heterocycles. The molecule has 94 valence electrons. The minimum Gasteiger partial charge on any atom is -0.327 e. The molecule has 0 heterocycles. The van der Waals surface area contributed by atoms with Crippen molar-refractivity contribution in [3.05, 3.63) is 29.8 Å². The fourth-order valence-electron chi connectivity index (χ4n) is 1.64. The molecule has 0 spiro atoms. The van der Waals surface area contributed by atoms with E-state index < -0.39 is 0 Å². The maximum Gasteiger partial charge on any atom is 0.228 e. The minimum absolute atomic E-state index is 0.0531. The molecule has 17 heavy (non-hydrogen) atoms. The maximum absolute atomic E-state index is 11.8. The van der Waals surface area contributed by atoms with Gasteiger partial charge in [-0.15, -0.1) is 0 Å². The summed E-state index contributed by atoms with van der Waals surface area (Å²) in [5.41, 5.74) is 7.82. The van der Waals surface area contributed by atoms with Gasteiger partial charge in [-0.2, -0.15) is 0 Å². The molecule has 0 aliphatic carbocycles. The van der Waals surface area contributed by atoms with E-state index in [4.69, 9.17) is 5.73 Å². The molecule has 0 bridgehead atoms. The summed E-state index contributed by atoms with van der Waals surface area (Å²) in [6.07, 6.45) is 0.377. The molecule has 1 unspecified atom stereocenters. The second kappa shape index (κ2) is 5.82. The second-order valence-corrected chi connectivity index (χ2v) is 4.88. The zero-order valence-electron chi connectivity index (χ0n) is 11.1. The summed E-state index contributed by atoms with van der Waals surface area (Å²) in [6, 6.07) is 7.99. The first-order valence-electron chi connectivity index (χ1n) is 6.04. The summed E-state index contributed by atoms with van der Waals surface area (Å²) in [5, 5.41) is 0. The van der Waals surface area contributed by atoms with Gasteiger partial charge in [0.2, 0.25) is 5.91 Å². The summed E-state index contributed by atoms with van der Waals surface area (Å²) in [6.45, 7) is 6.15. The number of anilines is 1. The molecule has 0 saturated heterocycles. The Bertz CT molecular complexity index is 368. The van der Waals surface area contributed by atoms with Gasteiger partial charge < -0.3 is 10.6 Å². The summed E-state index contributed by atoms with van der Waals surface area (Å²) >= 11 is 0. The number of hydrogen-bond donors (Lipinski definition) is 1. The van der Waals surface area contributed by atoms with E-state index in [9.17, 15) is 4.79 Å². The van der Waals surface area contributed by atoms with Crippen molar-refractivity contribution in [2.75, 3.05) is 11.9 Å². The van der Waals surface area contributed by atoms with Gasteiger partial charge in [0.05, 0.1) is 0 Å². The molecule has 1 amide bonds. The molecule has 1 aromatic carbocycles. The van der Waals surface area contributed by atoms with Gasteiger partial charge >= 0.3 is 0 Å².